The first kappa shape index (κ1) is 36.4. The number of rotatable bonds is 18. The van der Waals surface area contributed by atoms with Gasteiger partial charge in [0.05, 0.1) is 39.4 Å². The second-order valence-corrected chi connectivity index (χ2v) is 10.6. The summed E-state index contributed by atoms with van der Waals surface area (Å²) in [6.07, 6.45) is -4.82. The molecule has 7 N–H and O–H groups in total. The van der Waals surface area contributed by atoms with E-state index in [4.69, 9.17) is 29.4 Å². The lowest BCUT2D eigenvalue weighted by Crippen LogP contribution is -2.58. The van der Waals surface area contributed by atoms with Gasteiger partial charge in [-0.2, -0.15) is 0 Å². The van der Waals surface area contributed by atoms with Gasteiger partial charge < -0.3 is 60.1 Å². The number of esters is 1. The second-order valence-electron chi connectivity index (χ2n) is 10.6. The molecule has 3 aliphatic rings. The lowest BCUT2D eigenvalue weighted by atomic mass is 9.99. The average Bonchev–Trinajstić information content (AvgIpc) is 3.56. The van der Waals surface area contributed by atoms with E-state index >= 15 is 0 Å². The van der Waals surface area contributed by atoms with E-state index in [1.54, 1.807) is 0 Å². The van der Waals surface area contributed by atoms with Gasteiger partial charge in [0.25, 0.3) is 11.8 Å². The lowest BCUT2D eigenvalue weighted by molar-refractivity contribution is -0.287. The van der Waals surface area contributed by atoms with Crippen LogP contribution in [-0.2, 0) is 47.7 Å². The molecule has 7 unspecified atom stereocenters. The van der Waals surface area contributed by atoms with E-state index in [2.05, 4.69) is 5.32 Å². The highest BCUT2D eigenvalue weighted by Gasteiger charge is 2.43. The Labute approximate surface area is 258 Å². The minimum Gasteiger partial charge on any atom is -0.461 e. The van der Waals surface area contributed by atoms with E-state index in [9.17, 15) is 44.4 Å². The monoisotopic (exact) mass is 646 g/mol. The summed E-state index contributed by atoms with van der Waals surface area (Å²) in [6.45, 7) is 0.449. The van der Waals surface area contributed by atoms with Crippen molar-refractivity contribution in [2.75, 3.05) is 65.9 Å². The van der Waals surface area contributed by atoms with Crippen LogP contribution >= 0.6 is 0 Å². The van der Waals surface area contributed by atoms with Gasteiger partial charge in [-0.3, -0.25) is 24.1 Å². The Morgan fingerprint density at radius 1 is 0.933 bits per heavy atom. The number of aliphatic hydroxyl groups is 4. The van der Waals surface area contributed by atoms with E-state index in [0.29, 0.717) is 12.8 Å². The Morgan fingerprint density at radius 2 is 1.62 bits per heavy atom. The molecule has 45 heavy (non-hydrogen) atoms. The van der Waals surface area contributed by atoms with Crippen LogP contribution in [0.4, 0.5) is 0 Å². The molecule has 254 valence electrons. The molecular weight excluding hydrogens is 604 g/mol. The number of nitrogens with two attached hydrogens (primary N) is 1. The van der Waals surface area contributed by atoms with Crippen LogP contribution in [0.15, 0.2) is 12.2 Å². The van der Waals surface area contributed by atoms with Crippen molar-refractivity contribution in [3.8, 4) is 0 Å². The third kappa shape index (κ3) is 11.0. The first-order valence-corrected chi connectivity index (χ1v) is 14.6. The van der Waals surface area contributed by atoms with Crippen LogP contribution in [0.3, 0.4) is 0 Å². The molecule has 0 aromatic heterocycles. The Morgan fingerprint density at radius 3 is 2.33 bits per heavy atom. The highest BCUT2D eigenvalue weighted by atomic mass is 16.7. The van der Waals surface area contributed by atoms with E-state index < -0.39 is 55.9 Å². The fourth-order valence-electron chi connectivity index (χ4n) is 4.77. The van der Waals surface area contributed by atoms with Crippen molar-refractivity contribution in [1.29, 1.82) is 0 Å². The summed E-state index contributed by atoms with van der Waals surface area (Å²) in [5.74, 6) is -2.19. The SMILES string of the molecule is NC1CC(C(=O)NCCCOCC(=O)OCC2OC(O)C(O)C(O)C2O)N(C(=O)CCOCCOCCN2C(=O)C=CC2=O)C1. The summed E-state index contributed by atoms with van der Waals surface area (Å²) in [4.78, 5) is 62.8. The minimum atomic E-state index is -1.74. The molecule has 18 heteroatoms. The van der Waals surface area contributed by atoms with Gasteiger partial charge in [-0.25, -0.2) is 4.79 Å². The Balaban J connectivity index is 1.22. The van der Waals surface area contributed by atoms with Gasteiger partial charge in [-0.1, -0.05) is 0 Å². The Kier molecular flexibility index (Phi) is 14.7. The van der Waals surface area contributed by atoms with Gasteiger partial charge in [0, 0.05) is 37.9 Å². The van der Waals surface area contributed by atoms with Crippen molar-refractivity contribution in [2.45, 2.75) is 62.1 Å². The number of nitrogens with one attached hydrogen (secondary N) is 1. The van der Waals surface area contributed by atoms with Crippen LogP contribution in [-0.4, -0.2) is 168 Å². The van der Waals surface area contributed by atoms with E-state index in [1.807, 2.05) is 0 Å². The fraction of sp³-hybridized carbons (Fsp3) is 0.741. The van der Waals surface area contributed by atoms with Crippen LogP contribution in [0.1, 0.15) is 19.3 Å². The minimum absolute atomic E-state index is 0.0395. The van der Waals surface area contributed by atoms with Crippen LogP contribution in [0.25, 0.3) is 0 Å². The van der Waals surface area contributed by atoms with Crippen LogP contribution in [0, 0.1) is 0 Å². The van der Waals surface area contributed by atoms with Crippen LogP contribution < -0.4 is 11.1 Å². The quantitative estimate of drug-likeness (QED) is 0.0464. The lowest BCUT2D eigenvalue weighted by Gasteiger charge is -2.37. The van der Waals surface area contributed by atoms with Gasteiger partial charge in [0.2, 0.25) is 11.8 Å². The highest BCUT2D eigenvalue weighted by Crippen LogP contribution is 2.20. The molecule has 18 nitrogen and oxygen atoms in total. The van der Waals surface area contributed by atoms with E-state index in [1.165, 1.54) is 17.1 Å². The molecule has 2 saturated heterocycles. The van der Waals surface area contributed by atoms with Crippen LogP contribution in [0.5, 0.6) is 0 Å². The molecule has 3 rings (SSSR count). The molecule has 2 fully saturated rings. The van der Waals surface area contributed by atoms with Crippen molar-refractivity contribution in [3.05, 3.63) is 12.2 Å². The average molecular weight is 647 g/mol. The number of nitrogens with zero attached hydrogens (tertiary/aromatic N) is 2. The molecule has 3 heterocycles. The number of amides is 4. The summed E-state index contributed by atoms with van der Waals surface area (Å²) < 4.78 is 25.8. The predicted octanol–water partition coefficient (Wildman–Crippen LogP) is -4.87. The van der Waals surface area contributed by atoms with Crippen molar-refractivity contribution < 1.29 is 68.1 Å². The first-order valence-electron chi connectivity index (χ1n) is 14.6. The molecule has 7 atom stereocenters. The van der Waals surface area contributed by atoms with Gasteiger partial charge in [-0.05, 0) is 12.8 Å². The molecule has 0 spiro atoms. The maximum atomic E-state index is 12.7. The zero-order valence-electron chi connectivity index (χ0n) is 24.7. The van der Waals surface area contributed by atoms with Gasteiger partial charge in [-0.15, -0.1) is 0 Å². The summed E-state index contributed by atoms with van der Waals surface area (Å²) in [5, 5.41) is 41.2. The third-order valence-electron chi connectivity index (χ3n) is 7.23. The Bertz CT molecular complexity index is 1040. The van der Waals surface area contributed by atoms with Crippen molar-refractivity contribution >= 4 is 29.6 Å². The zero-order chi connectivity index (χ0) is 32.9. The smallest absolute Gasteiger partial charge is 0.332 e. The summed E-state index contributed by atoms with van der Waals surface area (Å²) in [7, 11) is 0. The molecule has 0 aromatic rings. The maximum Gasteiger partial charge on any atom is 0.332 e. The first-order chi connectivity index (χ1) is 21.5. The topological polar surface area (TPSA) is 257 Å². The second kappa shape index (κ2) is 18.2. The molecule has 0 radical (unpaired) electrons. The maximum absolute atomic E-state index is 12.7. The normalized spacial score (nSPS) is 28.2. The van der Waals surface area contributed by atoms with E-state index in [0.717, 1.165) is 4.90 Å². The molecule has 0 aliphatic carbocycles. The summed E-state index contributed by atoms with van der Waals surface area (Å²) in [5.41, 5.74) is 6.01. The van der Waals surface area contributed by atoms with Gasteiger partial charge >= 0.3 is 5.97 Å². The number of imide groups is 1. The molecule has 0 aromatic carbocycles. The number of hydrogen-bond acceptors (Lipinski definition) is 15. The fourth-order valence-corrected chi connectivity index (χ4v) is 4.77. The van der Waals surface area contributed by atoms with Crippen molar-refractivity contribution in [3.63, 3.8) is 0 Å². The number of hydrogen-bond donors (Lipinski definition) is 6. The standard InChI is InChI=1S/C27H42N4O14/c28-16-12-17(31(13-16)21(34)4-8-41-10-11-42-9-6-30-19(32)2-3-20(30)33)26(39)29-5-1-7-43-15-22(35)44-14-18-23(36)24(37)25(38)27(40)45-18/h2-3,16-18,23-25,27,36-38,40H,1,4-15,28H2,(H,29,39). The highest BCUT2D eigenvalue weighted by molar-refractivity contribution is 6.12. The number of carbonyl (C=O) groups is 5. The summed E-state index contributed by atoms with van der Waals surface area (Å²) in [6, 6.07) is -1.08. The predicted molar refractivity (Wildman–Crippen MR) is 149 cm³/mol. The van der Waals surface area contributed by atoms with Crippen molar-refractivity contribution in [1.82, 2.24) is 15.1 Å². The number of likely N-dealkylation sites (tertiary alicyclic amines) is 1. The molecular formula is C27H42N4O14. The Hall–Kier alpha value is -3.07. The van der Waals surface area contributed by atoms with Crippen molar-refractivity contribution in [2.24, 2.45) is 5.73 Å². The third-order valence-corrected chi connectivity index (χ3v) is 7.23. The largest absolute Gasteiger partial charge is 0.461 e. The number of carbonyl (C=O) groups excluding carboxylic acids is 5. The van der Waals surface area contributed by atoms with Crippen LogP contribution in [0.2, 0.25) is 0 Å². The van der Waals surface area contributed by atoms with Gasteiger partial charge in [0.15, 0.2) is 6.29 Å². The summed E-state index contributed by atoms with van der Waals surface area (Å²) >= 11 is 0. The molecule has 4 amide bonds. The zero-order valence-corrected chi connectivity index (χ0v) is 24.7. The number of ether oxygens (including phenoxy) is 5. The van der Waals surface area contributed by atoms with E-state index in [-0.39, 0.29) is 88.8 Å². The number of aliphatic hydroxyl groups excluding tert-OH is 4. The van der Waals surface area contributed by atoms with Gasteiger partial charge in [0.1, 0.15) is 43.7 Å². The molecule has 3 aliphatic heterocycles. The molecule has 0 bridgehead atoms. The molecule has 0 saturated carbocycles.